The van der Waals surface area contributed by atoms with Crippen LogP contribution in [0.4, 0.5) is 0 Å². The number of hydrogen-bond donors (Lipinski definition) is 0. The lowest BCUT2D eigenvalue weighted by molar-refractivity contribution is -0.138. The van der Waals surface area contributed by atoms with Crippen LogP contribution in [-0.2, 0) is 14.3 Å². The number of rotatable bonds is 8. The SMILES string of the molecule is CCOC(=O)C1=C(c2ccccc2)N=c2sc(=Cc3ccc(C(=O)OC)cc3)c(=O)n2C1c1cccc(OC)c1OC. The Morgan fingerprint density at radius 1 is 0.929 bits per heavy atom. The van der Waals surface area contributed by atoms with Crippen molar-refractivity contribution in [2.75, 3.05) is 27.9 Å². The highest BCUT2D eigenvalue weighted by molar-refractivity contribution is 7.07. The van der Waals surface area contributed by atoms with Gasteiger partial charge in [-0.3, -0.25) is 9.36 Å². The highest BCUT2D eigenvalue weighted by Gasteiger charge is 2.37. The van der Waals surface area contributed by atoms with Crippen LogP contribution < -0.4 is 24.4 Å². The third kappa shape index (κ3) is 5.24. The second-order valence-electron chi connectivity index (χ2n) is 9.13. The quantitative estimate of drug-likeness (QED) is 0.291. The maximum Gasteiger partial charge on any atom is 0.338 e. The number of esters is 2. The molecule has 1 atom stereocenters. The van der Waals surface area contributed by atoms with Crippen molar-refractivity contribution in [3.8, 4) is 11.5 Å². The van der Waals surface area contributed by atoms with Gasteiger partial charge in [-0.25, -0.2) is 14.6 Å². The summed E-state index contributed by atoms with van der Waals surface area (Å²) in [6.45, 7) is 1.86. The fourth-order valence-corrected chi connectivity index (χ4v) is 5.85. The average Bonchev–Trinajstić information content (AvgIpc) is 3.34. The average molecular weight is 585 g/mol. The second kappa shape index (κ2) is 12.3. The summed E-state index contributed by atoms with van der Waals surface area (Å²) in [6, 6.07) is 20.4. The van der Waals surface area contributed by atoms with E-state index in [1.54, 1.807) is 55.5 Å². The highest BCUT2D eigenvalue weighted by Crippen LogP contribution is 2.42. The molecule has 5 rings (SSSR count). The van der Waals surface area contributed by atoms with Crippen molar-refractivity contribution in [2.45, 2.75) is 13.0 Å². The van der Waals surface area contributed by atoms with E-state index in [9.17, 15) is 14.4 Å². The first kappa shape index (κ1) is 28.6. The van der Waals surface area contributed by atoms with Gasteiger partial charge in [-0.05, 0) is 36.8 Å². The fraction of sp³-hybridized carbons (Fsp3) is 0.188. The number of hydrogen-bond acceptors (Lipinski definition) is 9. The van der Waals surface area contributed by atoms with E-state index in [0.717, 1.165) is 0 Å². The van der Waals surface area contributed by atoms with Crippen molar-refractivity contribution in [1.82, 2.24) is 4.57 Å². The Kier molecular flexibility index (Phi) is 8.35. The van der Waals surface area contributed by atoms with Gasteiger partial charge in [0.25, 0.3) is 5.56 Å². The molecule has 0 N–H and O–H groups in total. The maximum absolute atomic E-state index is 14.1. The topological polar surface area (TPSA) is 105 Å². The summed E-state index contributed by atoms with van der Waals surface area (Å²) in [7, 11) is 4.35. The number of thiazole rings is 1. The van der Waals surface area contributed by atoms with Crippen LogP contribution in [0.1, 0.15) is 40.0 Å². The van der Waals surface area contributed by atoms with Crippen LogP contribution in [0.2, 0.25) is 0 Å². The van der Waals surface area contributed by atoms with E-state index in [2.05, 4.69) is 0 Å². The number of carbonyl (C=O) groups excluding carboxylic acids is 2. The van der Waals surface area contributed by atoms with Gasteiger partial charge in [0.15, 0.2) is 16.3 Å². The molecule has 4 aromatic rings. The van der Waals surface area contributed by atoms with Crippen LogP contribution in [0.25, 0.3) is 11.8 Å². The molecule has 0 amide bonds. The normalized spacial score (nSPS) is 14.6. The van der Waals surface area contributed by atoms with E-state index < -0.39 is 18.0 Å². The van der Waals surface area contributed by atoms with Crippen molar-refractivity contribution >= 4 is 35.0 Å². The van der Waals surface area contributed by atoms with Crippen molar-refractivity contribution in [1.29, 1.82) is 0 Å². The number of para-hydroxylation sites is 1. The zero-order valence-corrected chi connectivity index (χ0v) is 24.3. The Morgan fingerprint density at radius 2 is 1.67 bits per heavy atom. The Balaban J connectivity index is 1.82. The number of benzene rings is 3. The maximum atomic E-state index is 14.1. The van der Waals surface area contributed by atoms with E-state index in [1.807, 2.05) is 30.3 Å². The first-order chi connectivity index (χ1) is 20.4. The molecule has 2 heterocycles. The van der Waals surface area contributed by atoms with E-state index in [0.29, 0.717) is 48.8 Å². The van der Waals surface area contributed by atoms with Crippen LogP contribution in [0.15, 0.2) is 88.2 Å². The molecule has 214 valence electrons. The van der Waals surface area contributed by atoms with Gasteiger partial charge < -0.3 is 18.9 Å². The van der Waals surface area contributed by atoms with Gasteiger partial charge in [0.2, 0.25) is 0 Å². The van der Waals surface area contributed by atoms with Crippen molar-refractivity contribution < 1.29 is 28.5 Å². The van der Waals surface area contributed by atoms with E-state index in [-0.39, 0.29) is 17.7 Å². The predicted molar refractivity (Wildman–Crippen MR) is 158 cm³/mol. The van der Waals surface area contributed by atoms with Gasteiger partial charge in [0.1, 0.15) is 6.04 Å². The number of nitrogens with zero attached hydrogens (tertiary/aromatic N) is 2. The van der Waals surface area contributed by atoms with Gasteiger partial charge in [-0.1, -0.05) is 65.9 Å². The smallest absolute Gasteiger partial charge is 0.338 e. The molecule has 0 saturated carbocycles. The molecule has 0 fully saturated rings. The first-order valence-corrected chi connectivity index (χ1v) is 13.9. The number of ether oxygens (including phenoxy) is 4. The molecule has 1 aliphatic rings. The Labute approximate surface area is 245 Å². The molecule has 1 aliphatic heterocycles. The summed E-state index contributed by atoms with van der Waals surface area (Å²) in [5, 5.41) is 0. The third-order valence-electron chi connectivity index (χ3n) is 6.73. The van der Waals surface area contributed by atoms with E-state index >= 15 is 0 Å². The minimum Gasteiger partial charge on any atom is -0.493 e. The molecule has 0 aliphatic carbocycles. The van der Waals surface area contributed by atoms with E-state index in [1.165, 1.54) is 37.2 Å². The minimum atomic E-state index is -0.926. The van der Waals surface area contributed by atoms with Gasteiger partial charge in [-0.15, -0.1) is 0 Å². The molecule has 1 unspecified atom stereocenters. The van der Waals surface area contributed by atoms with Crippen molar-refractivity contribution in [2.24, 2.45) is 4.99 Å². The third-order valence-corrected chi connectivity index (χ3v) is 7.71. The molecular weight excluding hydrogens is 556 g/mol. The van der Waals surface area contributed by atoms with Crippen LogP contribution in [0.3, 0.4) is 0 Å². The minimum absolute atomic E-state index is 0.137. The molecule has 42 heavy (non-hydrogen) atoms. The number of methoxy groups -OCH3 is 3. The van der Waals surface area contributed by atoms with Gasteiger partial charge in [0, 0.05) is 11.1 Å². The summed E-state index contributed by atoms with van der Waals surface area (Å²) in [5.41, 5.74) is 2.60. The highest BCUT2D eigenvalue weighted by atomic mass is 32.1. The monoisotopic (exact) mass is 584 g/mol. The van der Waals surface area contributed by atoms with Crippen LogP contribution in [0, 0.1) is 0 Å². The lowest BCUT2D eigenvalue weighted by Crippen LogP contribution is -2.40. The molecule has 3 aromatic carbocycles. The number of aromatic nitrogens is 1. The molecule has 0 radical (unpaired) electrons. The van der Waals surface area contributed by atoms with Crippen molar-refractivity contribution in [3.63, 3.8) is 0 Å². The molecule has 0 bridgehead atoms. The molecule has 10 heteroatoms. The summed E-state index contributed by atoms with van der Waals surface area (Å²) in [4.78, 5) is 44.9. The second-order valence-corrected chi connectivity index (χ2v) is 10.1. The van der Waals surface area contributed by atoms with Crippen LogP contribution in [-0.4, -0.2) is 44.4 Å². The summed E-state index contributed by atoms with van der Waals surface area (Å²) in [5.74, 6) is -0.214. The van der Waals surface area contributed by atoms with Crippen LogP contribution in [0.5, 0.6) is 11.5 Å². The van der Waals surface area contributed by atoms with Gasteiger partial charge in [0.05, 0.1) is 49.3 Å². The molecular formula is C32H28N2O7S. The number of carbonyl (C=O) groups is 2. The largest absolute Gasteiger partial charge is 0.493 e. The molecule has 0 saturated heterocycles. The standard InChI is InChI=1S/C32H28N2O7S/c1-5-41-31(37)25-26(20-10-7-6-8-11-20)33-32-34(27(25)22-12-9-13-23(38-2)28(22)39-3)29(35)24(42-32)18-19-14-16-21(17-15-19)30(36)40-4/h6-18,27H,5H2,1-4H3. The summed E-state index contributed by atoms with van der Waals surface area (Å²) < 4.78 is 23.5. The molecule has 1 aromatic heterocycles. The molecule has 9 nitrogen and oxygen atoms in total. The Morgan fingerprint density at radius 3 is 2.31 bits per heavy atom. The number of fused-ring (bicyclic) bond motifs is 1. The van der Waals surface area contributed by atoms with Gasteiger partial charge >= 0.3 is 11.9 Å². The fourth-order valence-electron chi connectivity index (χ4n) is 4.85. The Hall–Kier alpha value is -4.96. The lowest BCUT2D eigenvalue weighted by atomic mass is 9.92. The zero-order chi connectivity index (χ0) is 29.8. The van der Waals surface area contributed by atoms with Crippen LogP contribution >= 0.6 is 11.3 Å². The van der Waals surface area contributed by atoms with E-state index in [4.69, 9.17) is 23.9 Å². The lowest BCUT2D eigenvalue weighted by Gasteiger charge is -2.27. The van der Waals surface area contributed by atoms with Gasteiger partial charge in [-0.2, -0.15) is 0 Å². The summed E-state index contributed by atoms with van der Waals surface area (Å²) in [6.07, 6.45) is 1.72. The first-order valence-electron chi connectivity index (χ1n) is 13.1. The predicted octanol–water partition coefficient (Wildman–Crippen LogP) is 3.74. The summed E-state index contributed by atoms with van der Waals surface area (Å²) >= 11 is 1.20. The van der Waals surface area contributed by atoms with Crippen molar-refractivity contribution in [3.05, 3.63) is 120 Å². The zero-order valence-electron chi connectivity index (χ0n) is 23.5. The Bertz CT molecular complexity index is 1860. The molecule has 0 spiro atoms.